The molecule has 0 aliphatic heterocycles. The van der Waals surface area contributed by atoms with E-state index in [1.54, 1.807) is 44.2 Å². The number of aromatic amines is 1. The number of esters is 1. The van der Waals surface area contributed by atoms with Crippen molar-refractivity contribution in [3.63, 3.8) is 0 Å². The summed E-state index contributed by atoms with van der Waals surface area (Å²) in [5.41, 5.74) is 1.16. The highest BCUT2D eigenvalue weighted by molar-refractivity contribution is 7.90. The van der Waals surface area contributed by atoms with Crippen LogP contribution >= 0.6 is 0 Å². The van der Waals surface area contributed by atoms with E-state index in [1.165, 1.54) is 17.7 Å². The van der Waals surface area contributed by atoms with Crippen molar-refractivity contribution in [3.05, 3.63) is 58.0 Å². The first-order valence-electron chi connectivity index (χ1n) is 10.5. The predicted octanol–water partition coefficient (Wildman–Crippen LogP) is 2.94. The minimum Gasteiger partial charge on any atom is -0.493 e. The van der Waals surface area contributed by atoms with E-state index in [4.69, 9.17) is 14.2 Å². The van der Waals surface area contributed by atoms with Crippen molar-refractivity contribution in [2.75, 3.05) is 25.7 Å². The lowest BCUT2D eigenvalue weighted by atomic mass is 10.1. The van der Waals surface area contributed by atoms with Crippen molar-refractivity contribution in [1.82, 2.24) is 9.55 Å². The van der Waals surface area contributed by atoms with Crippen LogP contribution in [0.15, 0.2) is 41.2 Å². The minimum atomic E-state index is -3.50. The summed E-state index contributed by atoms with van der Waals surface area (Å²) in [5, 5.41) is 0. The molecule has 33 heavy (non-hydrogen) atoms. The van der Waals surface area contributed by atoms with Crippen molar-refractivity contribution < 1.29 is 27.4 Å². The van der Waals surface area contributed by atoms with Gasteiger partial charge in [-0.3, -0.25) is 4.57 Å². The van der Waals surface area contributed by atoms with Crippen LogP contribution in [0.5, 0.6) is 11.5 Å². The second-order valence-electron chi connectivity index (χ2n) is 7.94. The third kappa shape index (κ3) is 5.57. The molecular weight excluding hydrogens is 448 g/mol. The lowest BCUT2D eigenvalue weighted by molar-refractivity contribution is 0.0378. The smallest absolute Gasteiger partial charge is 0.338 e. The Morgan fingerprint density at radius 1 is 1.12 bits per heavy atom. The lowest BCUT2D eigenvalue weighted by Crippen LogP contribution is -2.28. The van der Waals surface area contributed by atoms with Crippen LogP contribution in [0.1, 0.15) is 42.7 Å². The van der Waals surface area contributed by atoms with Gasteiger partial charge in [-0.05, 0) is 56.7 Å². The van der Waals surface area contributed by atoms with E-state index in [1.807, 2.05) is 6.92 Å². The molecule has 0 aliphatic rings. The Morgan fingerprint density at radius 3 is 2.45 bits per heavy atom. The van der Waals surface area contributed by atoms with Gasteiger partial charge < -0.3 is 19.2 Å². The fourth-order valence-corrected chi connectivity index (χ4v) is 4.53. The summed E-state index contributed by atoms with van der Waals surface area (Å²) in [5.74, 6) is 0.0574. The number of nitrogens with one attached hydrogen (secondary N) is 1. The third-order valence-corrected chi connectivity index (χ3v) is 5.86. The average molecular weight is 477 g/mol. The van der Waals surface area contributed by atoms with Crippen molar-refractivity contribution >= 4 is 26.8 Å². The van der Waals surface area contributed by atoms with Gasteiger partial charge in [-0.25, -0.2) is 18.0 Å². The molecule has 0 saturated carbocycles. The highest BCUT2D eigenvalue weighted by atomic mass is 32.2. The monoisotopic (exact) mass is 476 g/mol. The molecule has 10 heteroatoms. The molecule has 178 valence electrons. The highest BCUT2D eigenvalue weighted by Crippen LogP contribution is 2.33. The maximum Gasteiger partial charge on any atom is 0.338 e. The van der Waals surface area contributed by atoms with E-state index < -0.39 is 27.5 Å². The number of fused-ring (bicyclic) bond motifs is 1. The molecule has 0 spiro atoms. The van der Waals surface area contributed by atoms with Crippen molar-refractivity contribution in [2.45, 2.75) is 32.9 Å². The Bertz CT molecular complexity index is 1320. The van der Waals surface area contributed by atoms with Crippen LogP contribution in [0.4, 0.5) is 0 Å². The largest absolute Gasteiger partial charge is 0.493 e. The van der Waals surface area contributed by atoms with Gasteiger partial charge in [0, 0.05) is 6.26 Å². The first-order valence-corrected chi connectivity index (χ1v) is 12.5. The summed E-state index contributed by atoms with van der Waals surface area (Å²) in [6.45, 7) is 5.68. The maximum atomic E-state index is 13.0. The number of nitrogens with zero attached hydrogens (tertiary/aromatic N) is 1. The standard InChI is InChI=1S/C23H28N2O7S/c1-6-31-21-12-15(8-10-20(21)30-4)19(13-33(5,28)29)25-18-11-16(22(26)32-14(2)3)7-9-17(18)24-23(25)27/h7-12,14,19H,6,13H2,1-5H3,(H,24,27). The fraction of sp³-hybridized carbons (Fsp3) is 0.391. The molecule has 1 unspecified atom stereocenters. The van der Waals surface area contributed by atoms with Gasteiger partial charge >= 0.3 is 11.7 Å². The number of carbonyl (C=O) groups is 1. The molecule has 0 saturated heterocycles. The van der Waals surface area contributed by atoms with Gasteiger partial charge in [0.1, 0.15) is 9.84 Å². The molecule has 0 fully saturated rings. The number of carbonyl (C=O) groups excluding carboxylic acids is 1. The van der Waals surface area contributed by atoms with E-state index in [0.717, 1.165) is 6.26 Å². The third-order valence-electron chi connectivity index (χ3n) is 4.94. The fourth-order valence-electron chi connectivity index (χ4n) is 3.62. The molecule has 1 N–H and O–H groups in total. The molecular formula is C23H28N2O7S. The van der Waals surface area contributed by atoms with Gasteiger partial charge in [-0.1, -0.05) is 6.07 Å². The number of sulfone groups is 1. The summed E-state index contributed by atoms with van der Waals surface area (Å²) < 4.78 is 42.2. The molecule has 1 heterocycles. The van der Waals surface area contributed by atoms with Gasteiger partial charge in [0.15, 0.2) is 11.5 Å². The predicted molar refractivity (Wildman–Crippen MR) is 125 cm³/mol. The number of rotatable bonds is 9. The zero-order valence-corrected chi connectivity index (χ0v) is 20.1. The van der Waals surface area contributed by atoms with Crippen LogP contribution in [-0.2, 0) is 14.6 Å². The molecule has 0 bridgehead atoms. The minimum absolute atomic E-state index is 0.256. The molecule has 0 aliphatic carbocycles. The summed E-state index contributed by atoms with van der Waals surface area (Å²) in [6.07, 6.45) is 0.800. The molecule has 0 amide bonds. The summed E-state index contributed by atoms with van der Waals surface area (Å²) >= 11 is 0. The van der Waals surface area contributed by atoms with Crippen LogP contribution < -0.4 is 15.2 Å². The average Bonchev–Trinajstić information content (AvgIpc) is 3.06. The zero-order valence-electron chi connectivity index (χ0n) is 19.2. The van der Waals surface area contributed by atoms with E-state index in [9.17, 15) is 18.0 Å². The molecule has 1 aromatic heterocycles. The van der Waals surface area contributed by atoms with Gasteiger partial charge in [-0.15, -0.1) is 0 Å². The van der Waals surface area contributed by atoms with E-state index >= 15 is 0 Å². The van der Waals surface area contributed by atoms with Crippen LogP contribution in [0.2, 0.25) is 0 Å². The Hall–Kier alpha value is -3.27. The SMILES string of the molecule is CCOc1cc(C(CS(C)(=O)=O)n2c(=O)[nH]c3ccc(C(=O)OC(C)C)cc32)ccc1OC. The number of hydrogen-bond acceptors (Lipinski definition) is 7. The Morgan fingerprint density at radius 2 is 1.85 bits per heavy atom. The van der Waals surface area contributed by atoms with Gasteiger partial charge in [-0.2, -0.15) is 0 Å². The number of H-pyrrole nitrogens is 1. The van der Waals surface area contributed by atoms with Gasteiger partial charge in [0.25, 0.3) is 0 Å². The van der Waals surface area contributed by atoms with Gasteiger partial charge in [0.05, 0.1) is 48.2 Å². The molecule has 3 rings (SSSR count). The highest BCUT2D eigenvalue weighted by Gasteiger charge is 2.25. The number of methoxy groups -OCH3 is 1. The van der Waals surface area contributed by atoms with E-state index in [-0.39, 0.29) is 17.4 Å². The normalized spacial score (nSPS) is 12.7. The van der Waals surface area contributed by atoms with E-state index in [0.29, 0.717) is 34.7 Å². The number of ether oxygens (including phenoxy) is 3. The quantitative estimate of drug-likeness (QED) is 0.472. The lowest BCUT2D eigenvalue weighted by Gasteiger charge is -2.20. The first-order chi connectivity index (χ1) is 15.5. The molecule has 9 nitrogen and oxygen atoms in total. The maximum absolute atomic E-state index is 13.0. The zero-order chi connectivity index (χ0) is 24.3. The second-order valence-corrected chi connectivity index (χ2v) is 10.1. The number of aromatic nitrogens is 2. The topological polar surface area (TPSA) is 117 Å². The van der Waals surface area contributed by atoms with Crippen LogP contribution in [-0.4, -0.2) is 55.8 Å². The van der Waals surface area contributed by atoms with E-state index in [2.05, 4.69) is 4.98 Å². The molecule has 1 atom stereocenters. The first kappa shape index (κ1) is 24.4. The van der Waals surface area contributed by atoms with Crippen molar-refractivity contribution in [1.29, 1.82) is 0 Å². The van der Waals surface area contributed by atoms with Crippen LogP contribution in [0.3, 0.4) is 0 Å². The van der Waals surface area contributed by atoms with Crippen molar-refractivity contribution in [2.24, 2.45) is 0 Å². The summed E-state index contributed by atoms with van der Waals surface area (Å²) in [4.78, 5) is 28.1. The molecule has 0 radical (unpaired) electrons. The van der Waals surface area contributed by atoms with Crippen LogP contribution in [0, 0.1) is 0 Å². The summed E-state index contributed by atoms with van der Waals surface area (Å²) in [7, 11) is -2.00. The number of imidazole rings is 1. The number of hydrogen-bond donors (Lipinski definition) is 1. The molecule has 3 aromatic rings. The number of benzene rings is 2. The Kier molecular flexibility index (Phi) is 7.16. The van der Waals surface area contributed by atoms with Gasteiger partial charge in [0.2, 0.25) is 0 Å². The molecule has 2 aromatic carbocycles. The Labute approximate surface area is 192 Å². The Balaban J connectivity index is 2.22. The van der Waals surface area contributed by atoms with Crippen molar-refractivity contribution in [3.8, 4) is 11.5 Å². The summed E-state index contributed by atoms with van der Waals surface area (Å²) in [6, 6.07) is 8.84. The van der Waals surface area contributed by atoms with Crippen LogP contribution in [0.25, 0.3) is 11.0 Å². The second kappa shape index (κ2) is 9.70.